The first kappa shape index (κ1) is 76.5. The third-order valence-corrected chi connectivity index (χ3v) is 16.2. The molecular formula is C60H94N14O18. The molecule has 1 aromatic carbocycles. The van der Waals surface area contributed by atoms with Gasteiger partial charge in [-0.1, -0.05) is 62.8 Å². The summed E-state index contributed by atoms with van der Waals surface area (Å²) in [6.07, 6.45) is 9.86. The first-order valence-corrected chi connectivity index (χ1v) is 31.5. The topological polar surface area (TPSA) is 430 Å². The van der Waals surface area contributed by atoms with E-state index in [0.29, 0.717) is 122 Å². The summed E-state index contributed by atoms with van der Waals surface area (Å²) >= 11 is 0. The molecule has 3 aliphatic heterocycles. The summed E-state index contributed by atoms with van der Waals surface area (Å²) in [7, 11) is 1.94. The molecule has 1 aromatic heterocycles. The van der Waals surface area contributed by atoms with E-state index in [1.54, 1.807) is 9.80 Å². The van der Waals surface area contributed by atoms with Crippen LogP contribution in [0.4, 0.5) is 16.7 Å². The zero-order valence-corrected chi connectivity index (χ0v) is 52.7. The van der Waals surface area contributed by atoms with E-state index in [0.717, 1.165) is 95.2 Å². The molecule has 92 heavy (non-hydrogen) atoms. The van der Waals surface area contributed by atoms with Crippen molar-refractivity contribution in [2.45, 2.75) is 121 Å². The number of nitrogens with zero attached hydrogens (tertiary/aromatic N) is 11. The van der Waals surface area contributed by atoms with Crippen molar-refractivity contribution in [1.29, 1.82) is 0 Å². The fraction of sp³-hybridized carbons (Fsp3) is 0.683. The summed E-state index contributed by atoms with van der Waals surface area (Å²) in [5.74, 6) is -6.16. The predicted molar refractivity (Wildman–Crippen MR) is 331 cm³/mol. The Kier molecular flexibility index (Phi) is 35.1. The Morgan fingerprint density at radius 2 is 0.946 bits per heavy atom. The fourth-order valence-electron chi connectivity index (χ4n) is 11.2. The number of piperazine rings is 2. The molecule has 32 heteroatoms. The minimum Gasteiger partial charge on any atom is -0.481 e. The largest absolute Gasteiger partial charge is 0.481 e. The van der Waals surface area contributed by atoms with E-state index in [9.17, 15) is 73.8 Å². The number of unbranched alkanes of at least 4 members (excludes halogenated alkanes) is 8. The van der Waals surface area contributed by atoms with Crippen molar-refractivity contribution in [2.75, 3.05) is 154 Å². The lowest BCUT2D eigenvalue weighted by Gasteiger charge is -2.37. The molecule has 5 rings (SSSR count). The molecule has 0 spiro atoms. The van der Waals surface area contributed by atoms with Gasteiger partial charge in [-0.05, 0) is 69.7 Å². The number of carboxylic acids is 7. The van der Waals surface area contributed by atoms with Gasteiger partial charge in [-0.25, -0.2) is 14.4 Å². The van der Waals surface area contributed by atoms with Crippen molar-refractivity contribution in [3.05, 3.63) is 41.2 Å². The zero-order chi connectivity index (χ0) is 67.4. The molecule has 4 heterocycles. The Hall–Kier alpha value is -8.00. The highest BCUT2D eigenvalue weighted by molar-refractivity contribution is 5.86. The van der Waals surface area contributed by atoms with E-state index in [-0.39, 0.29) is 63.7 Å². The maximum Gasteiger partial charge on any atom is 0.373 e. The van der Waals surface area contributed by atoms with Gasteiger partial charge in [0.05, 0.1) is 26.2 Å². The normalized spacial score (nSPS) is 17.5. The molecule has 0 bridgehead atoms. The van der Waals surface area contributed by atoms with Crippen LogP contribution in [0.2, 0.25) is 0 Å². The lowest BCUT2D eigenvalue weighted by atomic mass is 10.0. The van der Waals surface area contributed by atoms with Gasteiger partial charge in [0.25, 0.3) is 0 Å². The van der Waals surface area contributed by atoms with Crippen LogP contribution in [0.15, 0.2) is 24.3 Å². The van der Waals surface area contributed by atoms with Gasteiger partial charge < -0.3 is 66.4 Å². The smallest absolute Gasteiger partial charge is 0.373 e. The monoisotopic (exact) mass is 1300 g/mol. The van der Waals surface area contributed by atoms with Crippen molar-refractivity contribution in [3.63, 3.8) is 0 Å². The van der Waals surface area contributed by atoms with Gasteiger partial charge in [-0.3, -0.25) is 53.3 Å². The van der Waals surface area contributed by atoms with Crippen molar-refractivity contribution in [3.8, 4) is 0 Å². The number of amides is 3. The molecule has 0 aliphatic carbocycles. The number of likely N-dealkylation sites (N-methyl/N-ethyl adjacent to an activating group) is 1. The van der Waals surface area contributed by atoms with Gasteiger partial charge in [0.2, 0.25) is 17.8 Å². The highest BCUT2D eigenvalue weighted by Crippen LogP contribution is 2.22. The summed E-state index contributed by atoms with van der Waals surface area (Å²) < 4.78 is 0. The molecular weight excluding hydrogens is 1200 g/mol. The number of hydrogen-bond acceptors (Lipinski definition) is 22. The molecule has 1 unspecified atom stereocenters. The van der Waals surface area contributed by atoms with Crippen molar-refractivity contribution < 1.29 is 88.5 Å². The first-order valence-electron chi connectivity index (χ1n) is 31.5. The van der Waals surface area contributed by atoms with Crippen LogP contribution in [0.25, 0.3) is 0 Å². The summed E-state index contributed by atoms with van der Waals surface area (Å²) in [5.41, 5.74) is 1.94. The number of hydrogen-bond donors (Lipinski definition) is 10. The van der Waals surface area contributed by atoms with E-state index < -0.39 is 66.3 Å². The molecule has 3 atom stereocenters. The van der Waals surface area contributed by atoms with Crippen LogP contribution in [0, 0.1) is 0 Å². The van der Waals surface area contributed by atoms with Gasteiger partial charge in [0.1, 0.15) is 17.9 Å². The molecule has 3 aliphatic rings. The number of aliphatic carboxylic acids is 7. The summed E-state index contributed by atoms with van der Waals surface area (Å²) in [4.78, 5) is 153. The van der Waals surface area contributed by atoms with Crippen LogP contribution < -0.4 is 25.8 Å². The third kappa shape index (κ3) is 31.4. The highest BCUT2D eigenvalue weighted by atomic mass is 16.4. The van der Waals surface area contributed by atoms with Gasteiger partial charge in [-0.2, -0.15) is 24.5 Å². The van der Waals surface area contributed by atoms with Gasteiger partial charge in [0, 0.05) is 130 Å². The van der Waals surface area contributed by atoms with Gasteiger partial charge >= 0.3 is 54.0 Å². The Morgan fingerprint density at radius 1 is 0.500 bits per heavy atom. The Labute approximate surface area is 535 Å². The van der Waals surface area contributed by atoms with Crippen molar-refractivity contribution >= 4 is 71.8 Å². The van der Waals surface area contributed by atoms with Crippen LogP contribution in [-0.2, 0) is 60.8 Å². The summed E-state index contributed by atoms with van der Waals surface area (Å²) in [6, 6.07) is 4.04. The Bertz CT molecular complexity index is 2690. The molecule has 0 radical (unpaired) electrons. The number of anilines is 2. The molecule has 512 valence electrons. The summed E-state index contributed by atoms with van der Waals surface area (Å²) in [6.45, 7) is 8.77. The lowest BCUT2D eigenvalue weighted by Crippen LogP contribution is -2.52. The number of carboxylic acid groups (broad SMARTS) is 7. The van der Waals surface area contributed by atoms with Crippen molar-refractivity contribution in [1.82, 2.24) is 60.3 Å². The number of carbonyl (C=O) groups is 9. The first-order chi connectivity index (χ1) is 44.0. The van der Waals surface area contributed by atoms with Crippen molar-refractivity contribution in [2.24, 2.45) is 0 Å². The minimum atomic E-state index is -1.49. The third-order valence-electron chi connectivity index (χ3n) is 16.2. The van der Waals surface area contributed by atoms with Gasteiger partial charge in [-0.15, -0.1) is 0 Å². The minimum absolute atomic E-state index is 0.0357. The number of rotatable bonds is 37. The molecule has 32 nitrogen and oxygen atoms in total. The fourth-order valence-corrected chi connectivity index (χ4v) is 11.2. The molecule has 0 saturated carbocycles. The second kappa shape index (κ2) is 42.2. The molecule has 3 amide bonds. The average molecular weight is 1300 g/mol. The number of carbonyl (C=O) groups excluding carboxylic acids is 4. The highest BCUT2D eigenvalue weighted by Gasteiger charge is 2.29. The quantitative estimate of drug-likeness (QED) is 0.0401. The molecule has 10 N–H and O–H groups in total. The number of benzene rings is 1. The number of aromatic nitrogens is 3. The van der Waals surface area contributed by atoms with Crippen LogP contribution in [0.5, 0.6) is 0 Å². The Balaban J connectivity index is 0.00000589. The number of nitrogens with one attached hydrogen (secondary N) is 3. The van der Waals surface area contributed by atoms with Crippen LogP contribution in [-0.4, -0.2) is 303 Å². The zero-order valence-electron chi connectivity index (χ0n) is 52.7. The number of urea groups is 1. The second-order valence-corrected chi connectivity index (χ2v) is 23.5. The molecule has 2 aromatic rings. The van der Waals surface area contributed by atoms with Crippen LogP contribution in [0.3, 0.4) is 0 Å². The Morgan fingerprint density at radius 3 is 1.45 bits per heavy atom. The van der Waals surface area contributed by atoms with Crippen LogP contribution >= 0.6 is 0 Å². The molecule has 3 fully saturated rings. The standard InChI is InChI=1S/C59H94N14O16.CO2/c1-66-22-23-68(39-51(77)78)24-25-69(40-52(79)80)30-35-73(42-54(83)84)45(38-66)36-43-14-16-44(17-15-43)37-48-63-57(65-58(64-48)72-33-28-70(29-34-72)41-53(81)82)71-31-26-67(27-32-71)21-11-7-5-3-2-4-6-8-13-49(74)60-20-10-9-12-46(55(85)86)61-59(89)62-47(56(87)88)18-19-50(75)76;2-1-3/h14-17,45-47H,2-13,18-42H2,1H3,(H,60,74)(H,75,76)(H,77,78)(H,79,80)(H,81,82)(H,83,84)(H,85,86)(H,87,88)(H2,61,62,89);/t45?,46-,47-;/m0./s1. The maximum atomic E-state index is 12.4. The maximum absolute atomic E-state index is 12.4. The van der Waals surface area contributed by atoms with E-state index >= 15 is 0 Å². The second-order valence-electron chi connectivity index (χ2n) is 23.5. The average Bonchev–Trinajstić information content (AvgIpc) is 3.29. The van der Waals surface area contributed by atoms with E-state index in [1.165, 1.54) is 0 Å². The summed E-state index contributed by atoms with van der Waals surface area (Å²) in [5, 5.41) is 73.4. The van der Waals surface area contributed by atoms with E-state index in [4.69, 9.17) is 29.6 Å². The lowest BCUT2D eigenvalue weighted by molar-refractivity contribution is -0.192. The van der Waals surface area contributed by atoms with Gasteiger partial charge in [0.15, 0.2) is 0 Å². The predicted octanol–water partition coefficient (Wildman–Crippen LogP) is 0.0916. The molecule has 3 saturated heterocycles. The van der Waals surface area contributed by atoms with E-state index in [2.05, 4.69) is 35.6 Å². The van der Waals surface area contributed by atoms with E-state index in [1.807, 2.05) is 41.1 Å². The van der Waals surface area contributed by atoms with Crippen LogP contribution in [0.1, 0.15) is 107 Å². The SMILES string of the molecule is CN1CCN(CC(=O)O)CCN(CC(=O)O)CCN(CC(=O)O)C(Cc2ccc(Cc3nc(N4CCN(CCCCCCCCCCC(=O)NCCCC[C@H](NC(=O)N[C@@H](CCC(=O)O)C(=O)O)C(=O)O)CC4)nc(N4CCN(CC(=O)O)CC4)n3)cc2)C1.O=C=O.